The number of ether oxygens (including phenoxy) is 1. The molecule has 2 aliphatic rings. The van der Waals surface area contributed by atoms with Gasteiger partial charge in [0, 0.05) is 23.0 Å². The summed E-state index contributed by atoms with van der Waals surface area (Å²) < 4.78 is 5.77. The van der Waals surface area contributed by atoms with Crippen molar-refractivity contribution < 1.29 is 19.4 Å². The minimum atomic E-state index is -0.948. The van der Waals surface area contributed by atoms with Gasteiger partial charge in [-0.25, -0.2) is 4.79 Å². The number of hydrogen-bond donors (Lipinski definition) is 1. The number of carbonyl (C=O) groups is 2. The molecule has 2 atom stereocenters. The largest absolute Gasteiger partial charge is 0.478 e. The van der Waals surface area contributed by atoms with Crippen LogP contribution < -0.4 is 0 Å². The van der Waals surface area contributed by atoms with Crippen molar-refractivity contribution in [2.24, 2.45) is 11.3 Å². The Kier molecular flexibility index (Phi) is 9.45. The van der Waals surface area contributed by atoms with Crippen LogP contribution in [-0.2, 0) is 9.53 Å². The number of thioether (sulfide) groups is 1. The Morgan fingerprint density at radius 2 is 1.69 bits per heavy atom. The van der Waals surface area contributed by atoms with Gasteiger partial charge in [-0.15, -0.1) is 11.8 Å². The van der Waals surface area contributed by atoms with Crippen LogP contribution in [0.3, 0.4) is 0 Å². The Morgan fingerprint density at radius 1 is 1.08 bits per heavy atom. The summed E-state index contributed by atoms with van der Waals surface area (Å²) >= 11 is 1.92. The quantitative estimate of drug-likeness (QED) is 0.208. The fraction of sp³-hybridized carbons (Fsp3) is 0.548. The van der Waals surface area contributed by atoms with Crippen LogP contribution in [0.5, 0.6) is 0 Å². The van der Waals surface area contributed by atoms with Crippen molar-refractivity contribution in [3.63, 3.8) is 0 Å². The molecule has 0 aromatic heterocycles. The monoisotopic (exact) mass is 510 g/mol. The van der Waals surface area contributed by atoms with Gasteiger partial charge in [0.25, 0.3) is 0 Å². The number of ketones is 1. The van der Waals surface area contributed by atoms with E-state index in [1.54, 1.807) is 20.1 Å². The van der Waals surface area contributed by atoms with Crippen LogP contribution in [-0.4, -0.2) is 35.8 Å². The molecule has 1 aromatic rings. The lowest BCUT2D eigenvalue weighted by atomic mass is 9.67. The van der Waals surface area contributed by atoms with Crippen molar-refractivity contribution in [1.29, 1.82) is 0 Å². The van der Waals surface area contributed by atoms with Gasteiger partial charge in [0.05, 0.1) is 11.7 Å². The first-order chi connectivity index (χ1) is 17.0. The Hall–Kier alpha value is -2.11. The molecule has 0 aliphatic heterocycles. The van der Waals surface area contributed by atoms with Crippen LogP contribution >= 0.6 is 11.8 Å². The van der Waals surface area contributed by atoms with Gasteiger partial charge < -0.3 is 9.84 Å². The topological polar surface area (TPSA) is 63.6 Å². The first-order valence-corrected chi connectivity index (χ1v) is 14.1. The van der Waals surface area contributed by atoms with E-state index in [0.717, 1.165) is 33.9 Å². The Morgan fingerprint density at radius 3 is 2.25 bits per heavy atom. The Labute approximate surface area is 221 Å². The van der Waals surface area contributed by atoms with E-state index < -0.39 is 17.5 Å². The summed E-state index contributed by atoms with van der Waals surface area (Å²) in [6.07, 6.45) is 11.3. The van der Waals surface area contributed by atoms with Crippen LogP contribution in [0.1, 0.15) is 87.7 Å². The summed E-state index contributed by atoms with van der Waals surface area (Å²) in [5, 5.41) is 9.72. The number of aliphatic carboxylic acids is 1. The highest BCUT2D eigenvalue weighted by atomic mass is 32.2. The van der Waals surface area contributed by atoms with Gasteiger partial charge in [-0.3, -0.25) is 4.79 Å². The minimum Gasteiger partial charge on any atom is -0.478 e. The predicted molar refractivity (Wildman–Crippen MR) is 149 cm³/mol. The Balaban J connectivity index is 1.78. The Bertz CT molecular complexity index is 1080. The molecule has 1 saturated carbocycles. The van der Waals surface area contributed by atoms with Crippen LogP contribution in [0.15, 0.2) is 51.5 Å². The maximum absolute atomic E-state index is 13.2. The van der Waals surface area contributed by atoms with Crippen LogP contribution in [0.25, 0.3) is 0 Å². The van der Waals surface area contributed by atoms with Crippen LogP contribution in [0.2, 0.25) is 0 Å². The number of hydrogen-bond acceptors (Lipinski definition) is 4. The number of allylic oxidation sites excluding steroid dienone is 1. The standard InChI is InChI=1S/C31H42O4S/c1-19-17-25(18-20(2)28(19)36-16-14-24-11-9-8-10-12-24)26(32)13-15-31(6)23(5)21(3)27(30(33)34)22(4)29(31)35-7/h13,15,17-18,24,29H,8-12,14,16H2,1-7H3,(H,33,34). The first-order valence-electron chi connectivity index (χ1n) is 13.1. The summed E-state index contributed by atoms with van der Waals surface area (Å²) in [7, 11) is 1.59. The number of benzene rings is 1. The van der Waals surface area contributed by atoms with Crippen molar-refractivity contribution >= 4 is 23.5 Å². The van der Waals surface area contributed by atoms with E-state index in [0.29, 0.717) is 16.7 Å². The average molecular weight is 511 g/mol. The zero-order chi connectivity index (χ0) is 26.6. The second-order valence-electron chi connectivity index (χ2n) is 10.8. The average Bonchev–Trinajstić information content (AvgIpc) is 2.83. The second-order valence-corrected chi connectivity index (χ2v) is 11.9. The smallest absolute Gasteiger partial charge is 0.335 e. The summed E-state index contributed by atoms with van der Waals surface area (Å²) in [5.74, 6) is 1.01. The molecule has 0 radical (unpaired) electrons. The fourth-order valence-corrected chi connectivity index (χ4v) is 7.33. The van der Waals surface area contributed by atoms with E-state index in [9.17, 15) is 14.7 Å². The van der Waals surface area contributed by atoms with Crippen molar-refractivity contribution in [3.05, 3.63) is 63.3 Å². The zero-order valence-corrected chi connectivity index (χ0v) is 23.8. The lowest BCUT2D eigenvalue weighted by molar-refractivity contribution is -0.132. The third kappa shape index (κ3) is 5.89. The highest BCUT2D eigenvalue weighted by Gasteiger charge is 2.42. The van der Waals surface area contributed by atoms with Crippen molar-refractivity contribution in [2.75, 3.05) is 12.9 Å². The lowest BCUT2D eigenvalue weighted by Crippen LogP contribution is -2.39. The number of aryl methyl sites for hydroxylation is 2. The molecular weight excluding hydrogens is 468 g/mol. The molecule has 1 fully saturated rings. The van der Waals surface area contributed by atoms with Gasteiger partial charge in [-0.1, -0.05) is 43.8 Å². The molecule has 0 saturated heterocycles. The van der Waals surface area contributed by atoms with Crippen molar-refractivity contribution in [2.45, 2.75) is 91.1 Å². The van der Waals surface area contributed by atoms with E-state index in [4.69, 9.17) is 4.74 Å². The third-order valence-corrected chi connectivity index (χ3v) is 9.72. The maximum Gasteiger partial charge on any atom is 0.335 e. The molecule has 0 spiro atoms. The molecule has 36 heavy (non-hydrogen) atoms. The molecular formula is C31H42O4S. The van der Waals surface area contributed by atoms with E-state index in [1.807, 2.05) is 50.7 Å². The summed E-state index contributed by atoms with van der Waals surface area (Å²) in [6, 6.07) is 4.00. The highest BCUT2D eigenvalue weighted by molar-refractivity contribution is 7.99. The van der Waals surface area contributed by atoms with Gasteiger partial charge in [0.15, 0.2) is 5.78 Å². The summed E-state index contributed by atoms with van der Waals surface area (Å²) in [6.45, 7) is 11.8. The molecule has 0 heterocycles. The van der Waals surface area contributed by atoms with E-state index in [1.165, 1.54) is 43.4 Å². The molecule has 1 N–H and O–H groups in total. The predicted octanol–water partition coefficient (Wildman–Crippen LogP) is 7.88. The van der Waals surface area contributed by atoms with Crippen LogP contribution in [0.4, 0.5) is 0 Å². The first kappa shape index (κ1) is 28.5. The zero-order valence-electron chi connectivity index (χ0n) is 23.0. The van der Waals surface area contributed by atoms with E-state index in [-0.39, 0.29) is 5.78 Å². The molecule has 1 aromatic carbocycles. The third-order valence-electron chi connectivity index (χ3n) is 8.35. The van der Waals surface area contributed by atoms with Gasteiger partial charge in [-0.05, 0) is 100 Å². The SMILES string of the molecule is COC1C(C)=C(C(=O)O)C(C)=C(C)C1(C)C=CC(=O)c1cc(C)c(SCCC2CCCCC2)c(C)c1. The molecule has 4 nitrogen and oxygen atoms in total. The second kappa shape index (κ2) is 12.0. The number of rotatable bonds is 9. The lowest BCUT2D eigenvalue weighted by Gasteiger charge is -2.41. The number of carbonyl (C=O) groups excluding carboxylic acids is 1. The normalized spacial score (nSPS) is 23.6. The van der Waals surface area contributed by atoms with Gasteiger partial charge in [0.1, 0.15) is 0 Å². The van der Waals surface area contributed by atoms with E-state index in [2.05, 4.69) is 13.8 Å². The molecule has 5 heteroatoms. The number of carboxylic acids is 1. The van der Waals surface area contributed by atoms with Crippen molar-refractivity contribution in [3.8, 4) is 0 Å². The van der Waals surface area contributed by atoms with Crippen LogP contribution in [0, 0.1) is 25.2 Å². The highest BCUT2D eigenvalue weighted by Crippen LogP contribution is 2.46. The number of carboxylic acid groups (broad SMARTS) is 1. The molecule has 2 aliphatic carbocycles. The fourth-order valence-electron chi connectivity index (χ4n) is 6.10. The van der Waals surface area contributed by atoms with E-state index >= 15 is 0 Å². The van der Waals surface area contributed by atoms with Gasteiger partial charge >= 0.3 is 5.97 Å². The number of methoxy groups -OCH3 is 1. The van der Waals surface area contributed by atoms with Gasteiger partial charge in [-0.2, -0.15) is 0 Å². The molecule has 2 unspecified atom stereocenters. The minimum absolute atomic E-state index is 0.0489. The summed E-state index contributed by atoms with van der Waals surface area (Å²) in [5.41, 5.74) is 4.98. The van der Waals surface area contributed by atoms with Gasteiger partial charge in [0.2, 0.25) is 0 Å². The molecule has 3 rings (SSSR count). The maximum atomic E-state index is 13.2. The van der Waals surface area contributed by atoms with Crippen molar-refractivity contribution in [1.82, 2.24) is 0 Å². The molecule has 196 valence electrons. The molecule has 0 bridgehead atoms. The summed E-state index contributed by atoms with van der Waals surface area (Å²) in [4.78, 5) is 26.4. The molecule has 0 amide bonds.